The van der Waals surface area contributed by atoms with E-state index in [2.05, 4.69) is 0 Å². The molecule has 1 saturated heterocycles. The van der Waals surface area contributed by atoms with E-state index < -0.39 is 0 Å². The fourth-order valence-corrected chi connectivity index (χ4v) is 1.97. The number of anilines is 2. The van der Waals surface area contributed by atoms with E-state index in [9.17, 15) is 4.79 Å². The van der Waals surface area contributed by atoms with Gasteiger partial charge in [0.2, 0.25) is 0 Å². The molecule has 1 atom stereocenters. The SMILES string of the molecule is CN(C(=O)COCC1CCOC1)c1ccc(N)cc1. The van der Waals surface area contributed by atoms with Crippen molar-refractivity contribution in [3.63, 3.8) is 0 Å². The summed E-state index contributed by atoms with van der Waals surface area (Å²) in [4.78, 5) is 13.5. The van der Waals surface area contributed by atoms with Crippen LogP contribution in [0.2, 0.25) is 0 Å². The van der Waals surface area contributed by atoms with E-state index in [-0.39, 0.29) is 12.5 Å². The van der Waals surface area contributed by atoms with Crippen LogP contribution in [0.3, 0.4) is 0 Å². The Morgan fingerprint density at radius 3 is 2.84 bits per heavy atom. The summed E-state index contributed by atoms with van der Waals surface area (Å²) >= 11 is 0. The number of hydrogen-bond acceptors (Lipinski definition) is 4. The van der Waals surface area contributed by atoms with Gasteiger partial charge in [-0.2, -0.15) is 0 Å². The molecule has 1 aromatic carbocycles. The topological polar surface area (TPSA) is 64.8 Å². The van der Waals surface area contributed by atoms with Crippen LogP contribution in [0.1, 0.15) is 6.42 Å². The lowest BCUT2D eigenvalue weighted by atomic mass is 10.1. The van der Waals surface area contributed by atoms with Crippen molar-refractivity contribution in [2.45, 2.75) is 6.42 Å². The van der Waals surface area contributed by atoms with Gasteiger partial charge in [-0.05, 0) is 30.7 Å². The Balaban J connectivity index is 1.77. The number of nitrogen functional groups attached to an aromatic ring is 1. The maximum Gasteiger partial charge on any atom is 0.252 e. The molecule has 0 aliphatic carbocycles. The fraction of sp³-hybridized carbons (Fsp3) is 0.500. The Labute approximate surface area is 113 Å². The number of carbonyl (C=O) groups excluding carboxylic acids is 1. The molecule has 19 heavy (non-hydrogen) atoms. The number of nitrogens with two attached hydrogens (primary N) is 1. The van der Waals surface area contributed by atoms with E-state index >= 15 is 0 Å². The van der Waals surface area contributed by atoms with Gasteiger partial charge >= 0.3 is 0 Å². The first-order valence-corrected chi connectivity index (χ1v) is 6.44. The highest BCUT2D eigenvalue weighted by atomic mass is 16.5. The molecule has 1 heterocycles. The summed E-state index contributed by atoms with van der Waals surface area (Å²) in [6.07, 6.45) is 1.02. The number of rotatable bonds is 5. The minimum absolute atomic E-state index is 0.0660. The Morgan fingerprint density at radius 2 is 2.21 bits per heavy atom. The molecule has 1 aliphatic rings. The highest BCUT2D eigenvalue weighted by Gasteiger charge is 2.17. The number of carbonyl (C=O) groups is 1. The molecule has 0 radical (unpaired) electrons. The van der Waals surface area contributed by atoms with Crippen molar-refractivity contribution >= 4 is 17.3 Å². The molecule has 0 aromatic heterocycles. The van der Waals surface area contributed by atoms with Gasteiger partial charge in [-0.15, -0.1) is 0 Å². The standard InChI is InChI=1S/C14H20N2O3/c1-16(13-4-2-12(15)3-5-13)14(17)10-19-9-11-6-7-18-8-11/h2-5,11H,6-10,15H2,1H3. The number of ether oxygens (including phenoxy) is 2. The molecule has 1 aromatic rings. The minimum atomic E-state index is -0.0660. The van der Waals surface area contributed by atoms with Crippen LogP contribution in [0.25, 0.3) is 0 Å². The number of hydrogen-bond donors (Lipinski definition) is 1. The highest BCUT2D eigenvalue weighted by molar-refractivity contribution is 5.93. The Hall–Kier alpha value is -1.59. The second-order valence-electron chi connectivity index (χ2n) is 4.79. The van der Waals surface area contributed by atoms with Crippen molar-refractivity contribution in [3.8, 4) is 0 Å². The van der Waals surface area contributed by atoms with Gasteiger partial charge in [-0.1, -0.05) is 0 Å². The zero-order valence-corrected chi connectivity index (χ0v) is 11.2. The smallest absolute Gasteiger partial charge is 0.252 e. The Kier molecular flexibility index (Phi) is 4.76. The van der Waals surface area contributed by atoms with Gasteiger partial charge in [-0.25, -0.2) is 0 Å². The average molecular weight is 264 g/mol. The quantitative estimate of drug-likeness (QED) is 0.814. The third kappa shape index (κ3) is 3.94. The van der Waals surface area contributed by atoms with Gasteiger partial charge in [0.1, 0.15) is 6.61 Å². The van der Waals surface area contributed by atoms with Gasteiger partial charge in [0.15, 0.2) is 0 Å². The molecule has 5 nitrogen and oxygen atoms in total. The lowest BCUT2D eigenvalue weighted by Crippen LogP contribution is -2.30. The van der Waals surface area contributed by atoms with E-state index in [1.54, 1.807) is 24.1 Å². The summed E-state index contributed by atoms with van der Waals surface area (Å²) < 4.78 is 10.7. The molecule has 1 amide bonds. The predicted octanol–water partition coefficient (Wildman–Crippen LogP) is 1.28. The van der Waals surface area contributed by atoms with Gasteiger partial charge in [0.25, 0.3) is 5.91 Å². The third-order valence-electron chi connectivity index (χ3n) is 3.26. The number of nitrogens with zero attached hydrogens (tertiary/aromatic N) is 1. The predicted molar refractivity (Wildman–Crippen MR) is 74.0 cm³/mol. The molecule has 2 N–H and O–H groups in total. The van der Waals surface area contributed by atoms with E-state index in [4.69, 9.17) is 15.2 Å². The first kappa shape index (κ1) is 13.8. The molecule has 2 rings (SSSR count). The Morgan fingerprint density at radius 1 is 1.47 bits per heavy atom. The summed E-state index contributed by atoms with van der Waals surface area (Å²) in [6, 6.07) is 7.18. The van der Waals surface area contributed by atoms with Crippen LogP contribution in [0.4, 0.5) is 11.4 Å². The van der Waals surface area contributed by atoms with Crippen LogP contribution in [0.5, 0.6) is 0 Å². The summed E-state index contributed by atoms with van der Waals surface area (Å²) in [5, 5.41) is 0. The largest absolute Gasteiger partial charge is 0.399 e. The van der Waals surface area contributed by atoms with Crippen molar-refractivity contribution in [2.75, 3.05) is 44.1 Å². The molecular weight excluding hydrogens is 244 g/mol. The lowest BCUT2D eigenvalue weighted by Gasteiger charge is -2.18. The van der Waals surface area contributed by atoms with Gasteiger partial charge in [0, 0.05) is 30.9 Å². The number of amides is 1. The molecule has 1 aliphatic heterocycles. The number of benzene rings is 1. The molecule has 104 valence electrons. The van der Waals surface area contributed by atoms with Crippen molar-refractivity contribution in [1.29, 1.82) is 0 Å². The zero-order valence-electron chi connectivity index (χ0n) is 11.2. The Bertz CT molecular complexity index is 413. The monoisotopic (exact) mass is 264 g/mol. The van der Waals surface area contributed by atoms with E-state index in [1.165, 1.54) is 0 Å². The first-order valence-electron chi connectivity index (χ1n) is 6.44. The first-order chi connectivity index (χ1) is 9.16. The molecule has 0 spiro atoms. The summed E-state index contributed by atoms with van der Waals surface area (Å²) in [7, 11) is 1.73. The summed E-state index contributed by atoms with van der Waals surface area (Å²) in [6.45, 7) is 2.22. The van der Waals surface area contributed by atoms with E-state index in [1.807, 2.05) is 12.1 Å². The molecule has 5 heteroatoms. The highest BCUT2D eigenvalue weighted by Crippen LogP contribution is 2.15. The van der Waals surface area contributed by atoms with E-state index in [0.717, 1.165) is 25.3 Å². The maximum atomic E-state index is 11.9. The minimum Gasteiger partial charge on any atom is -0.399 e. The fourth-order valence-electron chi connectivity index (χ4n) is 1.97. The third-order valence-corrected chi connectivity index (χ3v) is 3.26. The zero-order chi connectivity index (χ0) is 13.7. The molecule has 0 bridgehead atoms. The van der Waals surface area contributed by atoms with Crippen LogP contribution in [-0.4, -0.2) is 39.4 Å². The van der Waals surface area contributed by atoms with Crippen LogP contribution >= 0.6 is 0 Å². The molecule has 1 fully saturated rings. The number of likely N-dealkylation sites (N-methyl/N-ethyl adjacent to an activating group) is 1. The maximum absolute atomic E-state index is 11.9. The molecule has 1 unspecified atom stereocenters. The van der Waals surface area contributed by atoms with Crippen molar-refractivity contribution in [3.05, 3.63) is 24.3 Å². The van der Waals surface area contributed by atoms with Crippen LogP contribution in [0.15, 0.2) is 24.3 Å². The second-order valence-corrected chi connectivity index (χ2v) is 4.79. The van der Waals surface area contributed by atoms with Gasteiger partial charge < -0.3 is 20.1 Å². The average Bonchev–Trinajstić information content (AvgIpc) is 2.92. The van der Waals surface area contributed by atoms with Gasteiger partial charge in [0.05, 0.1) is 13.2 Å². The summed E-state index contributed by atoms with van der Waals surface area (Å²) in [5.41, 5.74) is 7.11. The van der Waals surface area contributed by atoms with Crippen LogP contribution < -0.4 is 10.6 Å². The lowest BCUT2D eigenvalue weighted by molar-refractivity contribution is -0.123. The summed E-state index contributed by atoms with van der Waals surface area (Å²) in [5.74, 6) is 0.360. The molecular formula is C14H20N2O3. The van der Waals surface area contributed by atoms with E-state index in [0.29, 0.717) is 18.2 Å². The normalized spacial score (nSPS) is 18.5. The second kappa shape index (κ2) is 6.54. The van der Waals surface area contributed by atoms with Crippen LogP contribution in [0, 0.1) is 5.92 Å². The molecule has 0 saturated carbocycles. The van der Waals surface area contributed by atoms with Crippen molar-refractivity contribution < 1.29 is 14.3 Å². The van der Waals surface area contributed by atoms with Crippen molar-refractivity contribution in [2.24, 2.45) is 5.92 Å². The van der Waals surface area contributed by atoms with Gasteiger partial charge in [-0.3, -0.25) is 4.79 Å². The van der Waals surface area contributed by atoms with Crippen molar-refractivity contribution in [1.82, 2.24) is 0 Å². The van der Waals surface area contributed by atoms with Crippen LogP contribution in [-0.2, 0) is 14.3 Å².